The highest BCUT2D eigenvalue weighted by Crippen LogP contribution is 2.24. The normalized spacial score (nSPS) is 11.8. The van der Waals surface area contributed by atoms with E-state index < -0.39 is 11.4 Å². The molecular weight excluding hydrogens is 260 g/mol. The van der Waals surface area contributed by atoms with Gasteiger partial charge in [-0.2, -0.15) is 0 Å². The molecule has 0 aromatic rings. The maximum atomic E-state index is 11.0. The highest BCUT2D eigenvalue weighted by Gasteiger charge is 2.25. The summed E-state index contributed by atoms with van der Waals surface area (Å²) < 4.78 is 0. The number of unbranched alkanes of at least 4 members (excludes halogenated alkanes) is 12. The number of rotatable bonds is 15. The van der Waals surface area contributed by atoms with E-state index >= 15 is 0 Å². The van der Waals surface area contributed by atoms with E-state index in [9.17, 15) is 4.79 Å². The summed E-state index contributed by atoms with van der Waals surface area (Å²) in [6, 6.07) is 0. The number of carboxylic acid groups (broad SMARTS) is 1. The minimum Gasteiger partial charge on any atom is -0.481 e. The Labute approximate surface area is 132 Å². The summed E-state index contributed by atoms with van der Waals surface area (Å²) in [5.41, 5.74) is -0.544. The zero-order chi connectivity index (χ0) is 16.0. The standard InChI is InChI=1S/C19H38O2/c1-4-5-6-7-8-9-10-11-12-13-14-15-16-17-19(2,3)18(20)21/h4-17H2,1-3H3,(H,20,21). The van der Waals surface area contributed by atoms with E-state index in [1.54, 1.807) is 0 Å². The molecule has 0 bridgehead atoms. The Morgan fingerprint density at radius 1 is 0.714 bits per heavy atom. The van der Waals surface area contributed by atoms with Crippen LogP contribution in [-0.2, 0) is 4.79 Å². The molecule has 0 aromatic carbocycles. The fourth-order valence-electron chi connectivity index (χ4n) is 2.69. The minimum absolute atomic E-state index is 0.544. The Hall–Kier alpha value is -0.530. The van der Waals surface area contributed by atoms with E-state index in [1.165, 1.54) is 77.0 Å². The van der Waals surface area contributed by atoms with Crippen LogP contribution in [-0.4, -0.2) is 11.1 Å². The van der Waals surface area contributed by atoms with E-state index in [4.69, 9.17) is 5.11 Å². The largest absolute Gasteiger partial charge is 0.481 e. The lowest BCUT2D eigenvalue weighted by molar-refractivity contribution is -0.147. The van der Waals surface area contributed by atoms with Gasteiger partial charge in [-0.25, -0.2) is 0 Å². The van der Waals surface area contributed by atoms with Crippen LogP contribution in [0.3, 0.4) is 0 Å². The minimum atomic E-state index is -0.665. The van der Waals surface area contributed by atoms with Crippen molar-refractivity contribution < 1.29 is 9.90 Å². The summed E-state index contributed by atoms with van der Waals surface area (Å²) in [5, 5.41) is 9.03. The van der Waals surface area contributed by atoms with Crippen molar-refractivity contribution in [1.82, 2.24) is 0 Å². The van der Waals surface area contributed by atoms with Crippen molar-refractivity contribution in [2.75, 3.05) is 0 Å². The molecule has 0 saturated carbocycles. The second-order valence-electron chi connectivity index (χ2n) is 7.18. The van der Waals surface area contributed by atoms with Gasteiger partial charge in [0.15, 0.2) is 0 Å². The number of hydrogen-bond acceptors (Lipinski definition) is 1. The second-order valence-corrected chi connectivity index (χ2v) is 7.18. The molecule has 0 aliphatic carbocycles. The van der Waals surface area contributed by atoms with Gasteiger partial charge < -0.3 is 5.11 Å². The van der Waals surface area contributed by atoms with E-state index in [2.05, 4.69) is 6.92 Å². The number of carboxylic acids is 1. The highest BCUT2D eigenvalue weighted by molar-refractivity contribution is 5.73. The van der Waals surface area contributed by atoms with E-state index in [1.807, 2.05) is 13.8 Å². The maximum Gasteiger partial charge on any atom is 0.309 e. The average Bonchev–Trinajstić information content (AvgIpc) is 2.43. The van der Waals surface area contributed by atoms with Gasteiger partial charge in [-0.3, -0.25) is 4.79 Å². The average molecular weight is 299 g/mol. The summed E-state index contributed by atoms with van der Waals surface area (Å²) in [6.07, 6.45) is 18.2. The topological polar surface area (TPSA) is 37.3 Å². The predicted molar refractivity (Wildman–Crippen MR) is 91.7 cm³/mol. The number of hydrogen-bond donors (Lipinski definition) is 1. The first kappa shape index (κ1) is 20.5. The lowest BCUT2D eigenvalue weighted by Gasteiger charge is -2.18. The van der Waals surface area contributed by atoms with Crippen molar-refractivity contribution >= 4 is 5.97 Å². The van der Waals surface area contributed by atoms with Crippen LogP contribution in [0.1, 0.15) is 111 Å². The predicted octanol–water partition coefficient (Wildman–Crippen LogP) is 6.58. The van der Waals surface area contributed by atoms with Crippen LogP contribution in [0.25, 0.3) is 0 Å². The van der Waals surface area contributed by atoms with E-state index in [0.717, 1.165) is 12.8 Å². The molecular formula is C19H38O2. The van der Waals surface area contributed by atoms with Crippen molar-refractivity contribution in [3.8, 4) is 0 Å². The Morgan fingerprint density at radius 2 is 1.05 bits per heavy atom. The van der Waals surface area contributed by atoms with Gasteiger partial charge in [-0.15, -0.1) is 0 Å². The molecule has 0 spiro atoms. The van der Waals surface area contributed by atoms with Gasteiger partial charge in [0.05, 0.1) is 5.41 Å². The highest BCUT2D eigenvalue weighted by atomic mass is 16.4. The van der Waals surface area contributed by atoms with Gasteiger partial charge in [-0.05, 0) is 20.3 Å². The molecule has 1 N–H and O–H groups in total. The van der Waals surface area contributed by atoms with Crippen LogP contribution in [0.4, 0.5) is 0 Å². The Morgan fingerprint density at radius 3 is 1.38 bits per heavy atom. The molecule has 0 amide bonds. The lowest BCUT2D eigenvalue weighted by Crippen LogP contribution is -2.23. The lowest BCUT2D eigenvalue weighted by atomic mass is 9.87. The van der Waals surface area contributed by atoms with E-state index in [0.29, 0.717) is 0 Å². The van der Waals surface area contributed by atoms with Crippen LogP contribution in [0, 0.1) is 5.41 Å². The molecule has 2 nitrogen and oxygen atoms in total. The van der Waals surface area contributed by atoms with Crippen molar-refractivity contribution in [2.24, 2.45) is 5.41 Å². The van der Waals surface area contributed by atoms with Crippen LogP contribution in [0.2, 0.25) is 0 Å². The Kier molecular flexibility index (Phi) is 12.8. The fraction of sp³-hybridized carbons (Fsp3) is 0.947. The monoisotopic (exact) mass is 298 g/mol. The van der Waals surface area contributed by atoms with Gasteiger partial charge in [0.1, 0.15) is 0 Å². The van der Waals surface area contributed by atoms with Crippen LogP contribution < -0.4 is 0 Å². The Balaban J connectivity index is 3.18. The molecule has 21 heavy (non-hydrogen) atoms. The van der Waals surface area contributed by atoms with Crippen LogP contribution in [0.15, 0.2) is 0 Å². The zero-order valence-corrected chi connectivity index (χ0v) is 14.8. The molecule has 0 saturated heterocycles. The quantitative estimate of drug-likeness (QED) is 0.347. The third-order valence-electron chi connectivity index (χ3n) is 4.48. The molecule has 0 rings (SSSR count). The van der Waals surface area contributed by atoms with E-state index in [-0.39, 0.29) is 0 Å². The smallest absolute Gasteiger partial charge is 0.309 e. The molecule has 0 fully saturated rings. The third-order valence-corrected chi connectivity index (χ3v) is 4.48. The van der Waals surface area contributed by atoms with Gasteiger partial charge in [-0.1, -0.05) is 90.4 Å². The number of carbonyl (C=O) groups is 1. The van der Waals surface area contributed by atoms with Crippen molar-refractivity contribution in [3.05, 3.63) is 0 Å². The summed E-state index contributed by atoms with van der Waals surface area (Å²) in [5.74, 6) is -0.665. The first-order chi connectivity index (χ1) is 10.0. The Bertz CT molecular complexity index is 246. The summed E-state index contributed by atoms with van der Waals surface area (Å²) >= 11 is 0. The molecule has 0 radical (unpaired) electrons. The number of aliphatic carboxylic acids is 1. The molecule has 2 heteroatoms. The molecule has 0 unspecified atom stereocenters. The molecule has 0 heterocycles. The first-order valence-corrected chi connectivity index (χ1v) is 9.24. The summed E-state index contributed by atoms with van der Waals surface area (Å²) in [7, 11) is 0. The fourth-order valence-corrected chi connectivity index (χ4v) is 2.69. The second kappa shape index (κ2) is 13.2. The first-order valence-electron chi connectivity index (χ1n) is 9.24. The SMILES string of the molecule is CCCCCCCCCCCCCCCC(C)(C)C(=O)O. The van der Waals surface area contributed by atoms with Crippen molar-refractivity contribution in [1.29, 1.82) is 0 Å². The van der Waals surface area contributed by atoms with Crippen LogP contribution >= 0.6 is 0 Å². The van der Waals surface area contributed by atoms with Gasteiger partial charge in [0.25, 0.3) is 0 Å². The zero-order valence-electron chi connectivity index (χ0n) is 14.8. The third kappa shape index (κ3) is 12.9. The van der Waals surface area contributed by atoms with Crippen molar-refractivity contribution in [2.45, 2.75) is 111 Å². The van der Waals surface area contributed by atoms with Gasteiger partial charge in [0, 0.05) is 0 Å². The van der Waals surface area contributed by atoms with Gasteiger partial charge in [0.2, 0.25) is 0 Å². The van der Waals surface area contributed by atoms with Crippen molar-refractivity contribution in [3.63, 3.8) is 0 Å². The summed E-state index contributed by atoms with van der Waals surface area (Å²) in [6.45, 7) is 5.92. The molecule has 0 aliphatic rings. The van der Waals surface area contributed by atoms with Crippen LogP contribution in [0.5, 0.6) is 0 Å². The molecule has 126 valence electrons. The molecule has 0 atom stereocenters. The molecule has 0 aromatic heterocycles. The summed E-state index contributed by atoms with van der Waals surface area (Å²) in [4.78, 5) is 11.0. The van der Waals surface area contributed by atoms with Gasteiger partial charge >= 0.3 is 5.97 Å². The maximum absolute atomic E-state index is 11.0. The molecule has 0 aliphatic heterocycles.